The van der Waals surface area contributed by atoms with Crippen LogP contribution in [0.2, 0.25) is 0 Å². The number of nitrogens with one attached hydrogen (secondary N) is 1. The Labute approximate surface area is 141 Å². The highest BCUT2D eigenvalue weighted by atomic mass is 19.4. The Morgan fingerprint density at radius 1 is 1.28 bits per heavy atom. The second-order valence-corrected chi connectivity index (χ2v) is 6.03. The van der Waals surface area contributed by atoms with Gasteiger partial charge in [-0.25, -0.2) is 0 Å². The molecule has 1 fully saturated rings. The Morgan fingerprint density at radius 3 is 2.72 bits per heavy atom. The Hall–Kier alpha value is -2.45. The lowest BCUT2D eigenvalue weighted by molar-refractivity contribution is -0.157. The summed E-state index contributed by atoms with van der Waals surface area (Å²) in [7, 11) is 0. The minimum absolute atomic E-state index is 0.150. The summed E-state index contributed by atoms with van der Waals surface area (Å²) in [6, 6.07) is 7.12. The smallest absolute Gasteiger partial charge is 0.406 e. The van der Waals surface area contributed by atoms with Gasteiger partial charge < -0.3 is 19.7 Å². The van der Waals surface area contributed by atoms with Crippen LogP contribution < -0.4 is 14.8 Å². The molecule has 136 valence electrons. The molecule has 1 N–H and O–H groups in total. The maximum absolute atomic E-state index is 12.4. The van der Waals surface area contributed by atoms with Gasteiger partial charge in [0.25, 0.3) is 0 Å². The SMILES string of the molecule is O=C(NC[C@H]1COc2ccccc2O1)[C@H]1CC(=O)N(CC(F)(F)F)C1. The monoisotopic (exact) mass is 358 g/mol. The number of rotatable bonds is 4. The van der Waals surface area contributed by atoms with Crippen LogP contribution in [-0.2, 0) is 9.59 Å². The third-order valence-corrected chi connectivity index (χ3v) is 4.03. The maximum Gasteiger partial charge on any atom is 0.406 e. The van der Waals surface area contributed by atoms with Crippen LogP contribution in [0, 0.1) is 5.92 Å². The Morgan fingerprint density at radius 2 is 2.00 bits per heavy atom. The van der Waals surface area contributed by atoms with Gasteiger partial charge in [-0.3, -0.25) is 9.59 Å². The number of nitrogens with zero attached hydrogens (tertiary/aromatic N) is 1. The second-order valence-electron chi connectivity index (χ2n) is 6.03. The average Bonchev–Trinajstić information content (AvgIpc) is 2.91. The van der Waals surface area contributed by atoms with Crippen molar-refractivity contribution in [2.45, 2.75) is 18.7 Å². The lowest BCUT2D eigenvalue weighted by Gasteiger charge is -2.26. The summed E-state index contributed by atoms with van der Waals surface area (Å²) < 4.78 is 48.4. The average molecular weight is 358 g/mol. The first-order valence-electron chi connectivity index (χ1n) is 7.82. The number of ether oxygens (including phenoxy) is 2. The van der Waals surface area contributed by atoms with Crippen molar-refractivity contribution < 1.29 is 32.2 Å². The van der Waals surface area contributed by atoms with E-state index in [2.05, 4.69) is 5.32 Å². The number of alkyl halides is 3. The molecule has 1 saturated heterocycles. The van der Waals surface area contributed by atoms with E-state index in [0.717, 1.165) is 0 Å². The summed E-state index contributed by atoms with van der Waals surface area (Å²) in [5.41, 5.74) is 0. The molecule has 0 saturated carbocycles. The van der Waals surface area contributed by atoms with E-state index in [9.17, 15) is 22.8 Å². The molecule has 1 aromatic rings. The van der Waals surface area contributed by atoms with Crippen LogP contribution in [0.1, 0.15) is 6.42 Å². The van der Waals surface area contributed by atoms with Gasteiger partial charge in [0.15, 0.2) is 11.5 Å². The molecule has 9 heteroatoms. The van der Waals surface area contributed by atoms with E-state index in [1.807, 2.05) is 6.07 Å². The predicted molar refractivity (Wildman–Crippen MR) is 80.1 cm³/mol. The van der Waals surface area contributed by atoms with Gasteiger partial charge in [-0.05, 0) is 12.1 Å². The van der Waals surface area contributed by atoms with Crippen molar-refractivity contribution in [1.29, 1.82) is 0 Å². The third-order valence-electron chi connectivity index (χ3n) is 4.03. The molecule has 2 amide bonds. The predicted octanol–water partition coefficient (Wildman–Crippen LogP) is 1.35. The fourth-order valence-corrected chi connectivity index (χ4v) is 2.84. The fourth-order valence-electron chi connectivity index (χ4n) is 2.84. The van der Waals surface area contributed by atoms with Crippen molar-refractivity contribution in [2.24, 2.45) is 5.92 Å². The summed E-state index contributed by atoms with van der Waals surface area (Å²) in [4.78, 5) is 24.4. The van der Waals surface area contributed by atoms with Gasteiger partial charge in [0.05, 0.1) is 12.5 Å². The number of benzene rings is 1. The molecule has 25 heavy (non-hydrogen) atoms. The Balaban J connectivity index is 1.48. The summed E-state index contributed by atoms with van der Waals surface area (Å²) in [6.07, 6.45) is -5.09. The molecule has 0 bridgehead atoms. The highest BCUT2D eigenvalue weighted by molar-refractivity contribution is 5.89. The standard InChI is InChI=1S/C16H17F3N2O4/c17-16(18,19)9-21-7-10(5-14(21)22)15(23)20-6-11-8-24-12-3-1-2-4-13(12)25-11/h1-4,10-11H,5-9H2,(H,20,23)/t10-,11-/m0/s1. The van der Waals surface area contributed by atoms with Gasteiger partial charge in [-0.15, -0.1) is 0 Å². The van der Waals surface area contributed by atoms with Crippen molar-refractivity contribution in [2.75, 3.05) is 26.2 Å². The van der Waals surface area contributed by atoms with Gasteiger partial charge in [0.1, 0.15) is 19.3 Å². The van der Waals surface area contributed by atoms with Crippen molar-refractivity contribution in [3.05, 3.63) is 24.3 Å². The molecule has 2 heterocycles. The number of carbonyl (C=O) groups is 2. The quantitative estimate of drug-likeness (QED) is 0.882. The molecule has 0 spiro atoms. The van der Waals surface area contributed by atoms with Gasteiger partial charge in [0.2, 0.25) is 11.8 Å². The minimum Gasteiger partial charge on any atom is -0.486 e. The lowest BCUT2D eigenvalue weighted by Crippen LogP contribution is -2.43. The van der Waals surface area contributed by atoms with Crippen LogP contribution >= 0.6 is 0 Å². The second kappa shape index (κ2) is 6.81. The molecular weight excluding hydrogens is 341 g/mol. The van der Waals surface area contributed by atoms with E-state index in [1.165, 1.54) is 0 Å². The number of carbonyl (C=O) groups excluding carboxylic acids is 2. The summed E-state index contributed by atoms with van der Waals surface area (Å²) in [5.74, 6) is -0.717. The van der Waals surface area contributed by atoms with E-state index in [-0.39, 0.29) is 26.1 Å². The molecule has 3 rings (SSSR count). The molecule has 2 atom stereocenters. The molecule has 0 radical (unpaired) electrons. The number of likely N-dealkylation sites (tertiary alicyclic amines) is 1. The van der Waals surface area contributed by atoms with E-state index in [0.29, 0.717) is 16.4 Å². The van der Waals surface area contributed by atoms with Crippen LogP contribution in [0.4, 0.5) is 13.2 Å². The van der Waals surface area contributed by atoms with Gasteiger partial charge in [-0.2, -0.15) is 13.2 Å². The molecule has 0 aliphatic carbocycles. The zero-order valence-corrected chi connectivity index (χ0v) is 13.2. The number of halogens is 3. The number of para-hydroxylation sites is 2. The number of hydrogen-bond donors (Lipinski definition) is 1. The molecule has 0 unspecified atom stereocenters. The van der Waals surface area contributed by atoms with Crippen molar-refractivity contribution in [3.8, 4) is 11.5 Å². The first kappa shape index (κ1) is 17.4. The normalized spacial score (nSPS) is 22.8. The van der Waals surface area contributed by atoms with E-state index >= 15 is 0 Å². The Kier molecular flexibility index (Phi) is 4.73. The molecule has 0 aromatic heterocycles. The van der Waals surface area contributed by atoms with E-state index in [4.69, 9.17) is 9.47 Å². The van der Waals surface area contributed by atoms with Crippen molar-refractivity contribution >= 4 is 11.8 Å². The number of fused-ring (bicyclic) bond motifs is 1. The first-order valence-corrected chi connectivity index (χ1v) is 7.82. The molecule has 1 aromatic carbocycles. The summed E-state index contributed by atoms with van der Waals surface area (Å²) >= 11 is 0. The van der Waals surface area contributed by atoms with Crippen LogP contribution in [-0.4, -0.2) is 55.2 Å². The van der Waals surface area contributed by atoms with E-state index in [1.54, 1.807) is 18.2 Å². The van der Waals surface area contributed by atoms with Crippen LogP contribution in [0.15, 0.2) is 24.3 Å². The zero-order valence-electron chi connectivity index (χ0n) is 13.2. The number of amides is 2. The summed E-state index contributed by atoms with van der Waals surface area (Å²) in [5, 5.41) is 2.62. The van der Waals surface area contributed by atoms with Gasteiger partial charge in [-0.1, -0.05) is 12.1 Å². The first-order chi connectivity index (χ1) is 11.8. The summed E-state index contributed by atoms with van der Waals surface area (Å²) in [6.45, 7) is -1.15. The molecular formula is C16H17F3N2O4. The maximum atomic E-state index is 12.4. The topological polar surface area (TPSA) is 67.9 Å². The van der Waals surface area contributed by atoms with Crippen LogP contribution in [0.25, 0.3) is 0 Å². The molecule has 6 nitrogen and oxygen atoms in total. The van der Waals surface area contributed by atoms with Gasteiger partial charge >= 0.3 is 6.18 Å². The van der Waals surface area contributed by atoms with Crippen molar-refractivity contribution in [3.63, 3.8) is 0 Å². The largest absolute Gasteiger partial charge is 0.486 e. The third kappa shape index (κ3) is 4.34. The fraction of sp³-hybridized carbons (Fsp3) is 0.500. The van der Waals surface area contributed by atoms with Gasteiger partial charge in [0, 0.05) is 13.0 Å². The van der Waals surface area contributed by atoms with E-state index < -0.39 is 36.6 Å². The lowest BCUT2D eigenvalue weighted by atomic mass is 10.1. The highest BCUT2D eigenvalue weighted by Gasteiger charge is 2.40. The molecule has 2 aliphatic rings. The van der Waals surface area contributed by atoms with Crippen LogP contribution in [0.5, 0.6) is 11.5 Å². The molecule has 2 aliphatic heterocycles. The van der Waals surface area contributed by atoms with Crippen molar-refractivity contribution in [1.82, 2.24) is 10.2 Å². The Bertz CT molecular complexity index is 665. The zero-order chi connectivity index (χ0) is 18.0. The highest BCUT2D eigenvalue weighted by Crippen LogP contribution is 2.30. The number of hydrogen-bond acceptors (Lipinski definition) is 4. The van der Waals surface area contributed by atoms with Crippen LogP contribution in [0.3, 0.4) is 0 Å². The minimum atomic E-state index is -4.47.